The number of hydrogen-bond acceptors (Lipinski definition) is 6. The molecule has 8 nitrogen and oxygen atoms in total. The molecular weight excluding hydrogens is 428 g/mol. The lowest BCUT2D eigenvalue weighted by Crippen LogP contribution is -2.25. The number of rotatable bonds is 5. The molecule has 0 aliphatic rings. The molecular formula is C23H19ClN6O2. The summed E-state index contributed by atoms with van der Waals surface area (Å²) in [6.07, 6.45) is 1.66. The molecule has 0 fully saturated rings. The van der Waals surface area contributed by atoms with Gasteiger partial charge in [0.1, 0.15) is 16.7 Å². The van der Waals surface area contributed by atoms with Gasteiger partial charge in [-0.1, -0.05) is 35.9 Å². The first kappa shape index (κ1) is 20.3. The lowest BCUT2D eigenvalue weighted by Gasteiger charge is -2.08. The van der Waals surface area contributed by atoms with E-state index in [0.29, 0.717) is 57.2 Å². The van der Waals surface area contributed by atoms with Gasteiger partial charge in [0.25, 0.3) is 5.56 Å². The summed E-state index contributed by atoms with van der Waals surface area (Å²) in [7, 11) is 1.60. The summed E-state index contributed by atoms with van der Waals surface area (Å²) in [4.78, 5) is 27.7. The molecule has 5 rings (SSSR count). The van der Waals surface area contributed by atoms with Crippen molar-refractivity contribution in [3.63, 3.8) is 0 Å². The van der Waals surface area contributed by atoms with Crippen molar-refractivity contribution >= 4 is 51.0 Å². The van der Waals surface area contributed by atoms with Crippen LogP contribution in [0.3, 0.4) is 0 Å². The summed E-state index contributed by atoms with van der Waals surface area (Å²) in [6, 6.07) is 14.9. The summed E-state index contributed by atoms with van der Waals surface area (Å²) in [5.74, 6) is 0.561. The molecule has 0 spiro atoms. The van der Waals surface area contributed by atoms with Gasteiger partial charge in [0.05, 0.1) is 30.4 Å². The normalized spacial score (nSPS) is 12.0. The number of aryl methyl sites for hydroxylation is 1. The van der Waals surface area contributed by atoms with E-state index in [9.17, 15) is 4.79 Å². The molecule has 32 heavy (non-hydrogen) atoms. The van der Waals surface area contributed by atoms with Crippen LogP contribution in [0, 0.1) is 6.92 Å². The molecule has 0 saturated carbocycles. The second kappa shape index (κ2) is 8.14. The van der Waals surface area contributed by atoms with Crippen molar-refractivity contribution in [1.29, 1.82) is 0 Å². The Bertz CT molecular complexity index is 1570. The second-order valence-corrected chi connectivity index (χ2v) is 7.74. The third-order valence-electron chi connectivity index (χ3n) is 5.22. The van der Waals surface area contributed by atoms with Crippen molar-refractivity contribution in [2.75, 3.05) is 13.7 Å². The van der Waals surface area contributed by atoms with E-state index in [4.69, 9.17) is 31.3 Å². The van der Waals surface area contributed by atoms with Crippen molar-refractivity contribution in [2.45, 2.75) is 13.5 Å². The molecule has 160 valence electrons. The van der Waals surface area contributed by atoms with E-state index in [0.717, 1.165) is 5.56 Å². The molecule has 3 aromatic heterocycles. The van der Waals surface area contributed by atoms with Crippen LogP contribution >= 0.6 is 11.6 Å². The van der Waals surface area contributed by atoms with Crippen LogP contribution in [-0.4, -0.2) is 44.1 Å². The van der Waals surface area contributed by atoms with Gasteiger partial charge in [0.15, 0.2) is 11.3 Å². The van der Waals surface area contributed by atoms with Crippen molar-refractivity contribution in [3.8, 4) is 0 Å². The van der Waals surface area contributed by atoms with Crippen LogP contribution in [0.25, 0.3) is 33.2 Å². The average Bonchev–Trinajstić information content (AvgIpc) is 3.08. The third kappa shape index (κ3) is 3.43. The molecule has 0 bridgehead atoms. The Balaban J connectivity index is 1.84. The minimum Gasteiger partial charge on any atom is -0.383 e. The quantitative estimate of drug-likeness (QED) is 0.383. The van der Waals surface area contributed by atoms with Crippen LogP contribution < -0.4 is 5.56 Å². The van der Waals surface area contributed by atoms with Gasteiger partial charge in [-0.05, 0) is 36.8 Å². The van der Waals surface area contributed by atoms with E-state index >= 15 is 0 Å². The van der Waals surface area contributed by atoms with E-state index in [2.05, 4.69) is 5.10 Å². The highest BCUT2D eigenvalue weighted by Crippen LogP contribution is 2.25. The van der Waals surface area contributed by atoms with Crippen LogP contribution in [0.4, 0.5) is 0 Å². The number of halogens is 1. The van der Waals surface area contributed by atoms with Gasteiger partial charge < -0.3 is 4.74 Å². The Labute approximate surface area is 187 Å². The number of nitrogens with zero attached hydrogens (tertiary/aromatic N) is 6. The van der Waals surface area contributed by atoms with E-state index in [-0.39, 0.29) is 5.56 Å². The van der Waals surface area contributed by atoms with Crippen LogP contribution in [0.5, 0.6) is 0 Å². The van der Waals surface area contributed by atoms with Crippen LogP contribution in [-0.2, 0) is 11.3 Å². The average molecular weight is 447 g/mol. The Morgan fingerprint density at radius 1 is 1.06 bits per heavy atom. The molecule has 0 saturated heterocycles. The molecule has 0 amide bonds. The lowest BCUT2D eigenvalue weighted by molar-refractivity contribution is 0.185. The van der Waals surface area contributed by atoms with Crippen molar-refractivity contribution in [1.82, 2.24) is 24.2 Å². The first-order chi connectivity index (χ1) is 15.6. The number of benzene rings is 2. The Kier molecular flexibility index (Phi) is 5.16. The maximum atomic E-state index is 13.5. The molecule has 0 atom stereocenters. The molecule has 0 aliphatic heterocycles. The largest absolute Gasteiger partial charge is 0.383 e. The van der Waals surface area contributed by atoms with E-state index in [1.807, 2.05) is 36.4 Å². The summed E-state index contributed by atoms with van der Waals surface area (Å²) in [6.45, 7) is 2.58. The fraction of sp³-hybridized carbons (Fsp3) is 0.174. The fourth-order valence-electron chi connectivity index (χ4n) is 3.68. The number of hydrogen-bond donors (Lipinski definition) is 0. The number of fused-ring (bicyclic) bond motifs is 4. The van der Waals surface area contributed by atoms with Crippen LogP contribution in [0.15, 0.2) is 58.4 Å². The van der Waals surface area contributed by atoms with E-state index < -0.39 is 0 Å². The fourth-order valence-corrected chi connectivity index (χ4v) is 3.88. The summed E-state index contributed by atoms with van der Waals surface area (Å²) >= 11 is 6.10. The minimum atomic E-state index is -0.198. The first-order valence-corrected chi connectivity index (χ1v) is 10.4. The molecule has 9 heteroatoms. The highest BCUT2D eigenvalue weighted by Gasteiger charge is 2.21. The third-order valence-corrected chi connectivity index (χ3v) is 5.46. The zero-order valence-corrected chi connectivity index (χ0v) is 18.2. The monoisotopic (exact) mass is 446 g/mol. The second-order valence-electron chi connectivity index (χ2n) is 7.30. The topological polar surface area (TPSA) is 87.2 Å². The minimum absolute atomic E-state index is 0.198. The molecule has 0 N–H and O–H groups in total. The van der Waals surface area contributed by atoms with Gasteiger partial charge in [0, 0.05) is 12.1 Å². The predicted molar refractivity (Wildman–Crippen MR) is 126 cm³/mol. The van der Waals surface area contributed by atoms with Gasteiger partial charge in [-0.3, -0.25) is 9.36 Å². The van der Waals surface area contributed by atoms with Gasteiger partial charge in [-0.25, -0.2) is 15.0 Å². The highest BCUT2D eigenvalue weighted by atomic mass is 35.5. The Morgan fingerprint density at radius 2 is 1.84 bits per heavy atom. The zero-order chi connectivity index (χ0) is 22.2. The summed E-state index contributed by atoms with van der Waals surface area (Å²) in [5.41, 5.74) is 3.35. The zero-order valence-electron chi connectivity index (χ0n) is 17.5. The maximum absolute atomic E-state index is 13.5. The van der Waals surface area contributed by atoms with E-state index in [1.54, 1.807) is 41.6 Å². The van der Waals surface area contributed by atoms with Crippen molar-refractivity contribution < 1.29 is 4.74 Å². The van der Waals surface area contributed by atoms with Crippen molar-refractivity contribution in [2.24, 2.45) is 5.10 Å². The molecule has 2 aromatic carbocycles. The van der Waals surface area contributed by atoms with Crippen LogP contribution in [0.1, 0.15) is 11.4 Å². The summed E-state index contributed by atoms with van der Waals surface area (Å²) < 4.78 is 8.32. The van der Waals surface area contributed by atoms with Crippen molar-refractivity contribution in [3.05, 3.63) is 75.3 Å². The van der Waals surface area contributed by atoms with Crippen LogP contribution in [0.2, 0.25) is 5.02 Å². The lowest BCUT2D eigenvalue weighted by atomic mass is 10.2. The maximum Gasteiger partial charge on any atom is 0.265 e. The van der Waals surface area contributed by atoms with Gasteiger partial charge in [-0.15, -0.1) is 0 Å². The Hall–Kier alpha value is -3.62. The number of aromatic nitrogens is 5. The van der Waals surface area contributed by atoms with Gasteiger partial charge in [0.2, 0.25) is 0 Å². The van der Waals surface area contributed by atoms with Gasteiger partial charge in [-0.2, -0.15) is 9.78 Å². The molecule has 0 unspecified atom stereocenters. The molecule has 0 radical (unpaired) electrons. The Morgan fingerprint density at radius 3 is 2.59 bits per heavy atom. The standard InChI is InChI=1S/C23H19ClN6O2/c1-14-26-21-19(23(31)29(14)10-11-32-2)20-22(28-18-9-4-3-8-17(18)27-20)30(21)25-13-15-6-5-7-16(24)12-15/h3-9,12-13H,10-11H2,1-2H3. The predicted octanol–water partition coefficient (Wildman–Crippen LogP) is 3.78. The van der Waals surface area contributed by atoms with Gasteiger partial charge >= 0.3 is 0 Å². The molecule has 3 heterocycles. The SMILES string of the molecule is COCCn1c(C)nc2c(c1=O)c1nc3ccccc3nc1n2N=Cc1cccc(Cl)c1. The highest BCUT2D eigenvalue weighted by molar-refractivity contribution is 6.30. The van der Waals surface area contributed by atoms with E-state index in [1.165, 1.54) is 0 Å². The number of ether oxygens (including phenoxy) is 1. The number of para-hydroxylation sites is 2. The number of methoxy groups -OCH3 is 1. The molecule has 0 aliphatic carbocycles. The molecule has 5 aromatic rings. The smallest absolute Gasteiger partial charge is 0.265 e. The first-order valence-electron chi connectivity index (χ1n) is 10.0. The summed E-state index contributed by atoms with van der Waals surface area (Å²) in [5, 5.41) is 5.60.